The maximum absolute atomic E-state index is 13.1. The summed E-state index contributed by atoms with van der Waals surface area (Å²) in [5, 5.41) is 2.80. The number of para-hydroxylation sites is 1. The van der Waals surface area contributed by atoms with Gasteiger partial charge in [0.05, 0.1) is 24.2 Å². The van der Waals surface area contributed by atoms with Crippen LogP contribution in [0.4, 0.5) is 18.9 Å². The molecular weight excluding hydrogens is 545 g/mol. The van der Waals surface area contributed by atoms with Gasteiger partial charge in [-0.1, -0.05) is 43.3 Å². The van der Waals surface area contributed by atoms with Crippen molar-refractivity contribution in [2.45, 2.75) is 24.6 Å². The van der Waals surface area contributed by atoms with Gasteiger partial charge in [0.2, 0.25) is 11.8 Å². The molecule has 0 aliphatic carbocycles. The Morgan fingerprint density at radius 1 is 0.925 bits per heavy atom. The number of methoxy groups -OCH3 is 1. The second kappa shape index (κ2) is 11.8. The average Bonchev–Trinajstić information content (AvgIpc) is 2.93. The molecule has 0 saturated carbocycles. The number of hydrogen-bond donors (Lipinski definition) is 1. The molecule has 0 fully saturated rings. The average molecular weight is 571 g/mol. The van der Waals surface area contributed by atoms with Gasteiger partial charge in [0.1, 0.15) is 5.75 Å². The van der Waals surface area contributed by atoms with Crippen LogP contribution >= 0.6 is 0 Å². The molecule has 7 nitrogen and oxygen atoms in total. The van der Waals surface area contributed by atoms with Crippen LogP contribution in [0.25, 0.3) is 22.3 Å². The first kappa shape index (κ1) is 28.6. The fraction of sp³-hybridized carbons (Fsp3) is 0.172. The molecule has 1 N–H and O–H groups in total. The number of benzene rings is 3. The van der Waals surface area contributed by atoms with Gasteiger partial charge in [0, 0.05) is 23.5 Å². The van der Waals surface area contributed by atoms with E-state index in [1.165, 1.54) is 43.6 Å². The molecule has 0 unspecified atom stereocenters. The summed E-state index contributed by atoms with van der Waals surface area (Å²) in [5.74, 6) is -0.465. The number of anilines is 1. The number of carbonyl (C=O) groups excluding carboxylic acids is 1. The fourth-order valence-electron chi connectivity index (χ4n) is 4.06. The number of alkyl halides is 3. The van der Waals surface area contributed by atoms with Gasteiger partial charge in [-0.25, -0.2) is 13.4 Å². The number of nitrogens with one attached hydrogen (secondary N) is 1. The largest absolute Gasteiger partial charge is 0.573 e. The Labute approximate surface area is 229 Å². The van der Waals surface area contributed by atoms with E-state index >= 15 is 0 Å². The number of aromatic nitrogens is 1. The van der Waals surface area contributed by atoms with Crippen molar-refractivity contribution in [2.24, 2.45) is 0 Å². The van der Waals surface area contributed by atoms with E-state index in [4.69, 9.17) is 4.74 Å². The van der Waals surface area contributed by atoms with Gasteiger partial charge in [0.25, 0.3) is 0 Å². The lowest BCUT2D eigenvalue weighted by Crippen LogP contribution is -2.17. The second-order valence-corrected chi connectivity index (χ2v) is 10.9. The molecule has 1 amide bonds. The molecule has 40 heavy (non-hydrogen) atoms. The molecule has 1 heterocycles. The Bertz CT molecular complexity index is 1620. The normalized spacial score (nSPS) is 11.6. The minimum atomic E-state index is -4.89. The molecule has 208 valence electrons. The Morgan fingerprint density at radius 2 is 1.65 bits per heavy atom. The van der Waals surface area contributed by atoms with Gasteiger partial charge in [-0.05, 0) is 58.7 Å². The third-order valence-corrected chi connectivity index (χ3v) is 7.74. The maximum atomic E-state index is 13.1. The predicted molar refractivity (Wildman–Crippen MR) is 145 cm³/mol. The van der Waals surface area contributed by atoms with Crippen LogP contribution in [0.5, 0.6) is 11.6 Å². The highest BCUT2D eigenvalue weighted by molar-refractivity contribution is 7.91. The molecule has 0 aliphatic rings. The standard InChI is InChI=1S/C29H25F3N2O5S/c1-3-40(36,37)22-11-8-19(9-12-22)16-27(35)34-21-10-13-23(24-6-4-5-7-26(24)39-29(30,31)32)25(18-21)20-14-15-33-28(17-20)38-2/h4-15,17-18H,3,16H2,1-2H3,(H,34,35). The molecule has 0 bridgehead atoms. The first-order chi connectivity index (χ1) is 19.0. The summed E-state index contributed by atoms with van der Waals surface area (Å²) in [6, 6.07) is 20.0. The third kappa shape index (κ3) is 6.97. The van der Waals surface area contributed by atoms with Gasteiger partial charge in [-0.15, -0.1) is 13.2 Å². The molecule has 1 aromatic heterocycles. The first-order valence-corrected chi connectivity index (χ1v) is 13.8. The summed E-state index contributed by atoms with van der Waals surface area (Å²) in [4.78, 5) is 17.1. The molecule has 0 atom stereocenters. The Hall–Kier alpha value is -4.38. The number of hydrogen-bond acceptors (Lipinski definition) is 6. The number of pyridine rings is 1. The van der Waals surface area contributed by atoms with E-state index in [2.05, 4.69) is 15.0 Å². The highest BCUT2D eigenvalue weighted by Gasteiger charge is 2.32. The van der Waals surface area contributed by atoms with Gasteiger partial charge < -0.3 is 14.8 Å². The van der Waals surface area contributed by atoms with Crippen molar-refractivity contribution in [3.63, 3.8) is 0 Å². The number of halogens is 3. The van der Waals surface area contributed by atoms with Crippen molar-refractivity contribution in [2.75, 3.05) is 18.2 Å². The zero-order valence-corrected chi connectivity index (χ0v) is 22.3. The van der Waals surface area contributed by atoms with Crippen LogP contribution in [0.2, 0.25) is 0 Å². The van der Waals surface area contributed by atoms with Crippen LogP contribution in [0.15, 0.2) is 90.0 Å². The summed E-state index contributed by atoms with van der Waals surface area (Å²) < 4.78 is 72.9. The summed E-state index contributed by atoms with van der Waals surface area (Å²) in [6.45, 7) is 1.56. The monoisotopic (exact) mass is 570 g/mol. The van der Waals surface area contributed by atoms with E-state index in [1.807, 2.05) is 0 Å². The van der Waals surface area contributed by atoms with Crippen molar-refractivity contribution >= 4 is 21.4 Å². The van der Waals surface area contributed by atoms with Gasteiger partial charge in [0.15, 0.2) is 9.84 Å². The Balaban J connectivity index is 1.67. The molecular formula is C29H25F3N2O5S. The maximum Gasteiger partial charge on any atom is 0.573 e. The van der Waals surface area contributed by atoms with Crippen molar-refractivity contribution in [1.29, 1.82) is 0 Å². The molecule has 0 spiro atoms. The predicted octanol–water partition coefficient (Wildman–Crippen LogP) is 6.30. The summed E-state index contributed by atoms with van der Waals surface area (Å²) >= 11 is 0. The lowest BCUT2D eigenvalue weighted by atomic mass is 9.93. The van der Waals surface area contributed by atoms with E-state index in [9.17, 15) is 26.4 Å². The highest BCUT2D eigenvalue weighted by atomic mass is 32.2. The molecule has 4 aromatic rings. The highest BCUT2D eigenvalue weighted by Crippen LogP contribution is 2.40. The molecule has 0 saturated heterocycles. The number of carbonyl (C=O) groups is 1. The number of sulfone groups is 1. The molecule has 0 aliphatic heterocycles. The molecule has 11 heteroatoms. The van der Waals surface area contributed by atoms with Crippen LogP contribution in [0.1, 0.15) is 12.5 Å². The van der Waals surface area contributed by atoms with E-state index in [0.29, 0.717) is 33.8 Å². The van der Waals surface area contributed by atoms with Gasteiger partial charge >= 0.3 is 6.36 Å². The smallest absolute Gasteiger partial charge is 0.481 e. The van der Waals surface area contributed by atoms with Gasteiger partial charge in [-0.3, -0.25) is 4.79 Å². The number of rotatable bonds is 9. The van der Waals surface area contributed by atoms with Crippen LogP contribution in [-0.4, -0.2) is 38.5 Å². The van der Waals surface area contributed by atoms with E-state index in [0.717, 1.165) is 0 Å². The van der Waals surface area contributed by atoms with Crippen LogP contribution in [-0.2, 0) is 21.1 Å². The number of nitrogens with zero attached hydrogens (tertiary/aromatic N) is 1. The molecule has 4 rings (SSSR count). The summed E-state index contributed by atoms with van der Waals surface area (Å²) in [6.07, 6.45) is -3.40. The Morgan fingerprint density at radius 3 is 2.33 bits per heavy atom. The quantitative estimate of drug-likeness (QED) is 0.254. The fourth-order valence-corrected chi connectivity index (χ4v) is 4.94. The van der Waals surface area contributed by atoms with Crippen molar-refractivity contribution in [3.05, 3.63) is 90.6 Å². The summed E-state index contributed by atoms with van der Waals surface area (Å²) in [5.41, 5.74) is 2.74. The topological polar surface area (TPSA) is 94.6 Å². The van der Waals surface area contributed by atoms with Crippen molar-refractivity contribution < 1.29 is 35.9 Å². The SMILES string of the molecule is CCS(=O)(=O)c1ccc(CC(=O)Nc2ccc(-c3ccccc3OC(F)(F)F)c(-c3ccnc(OC)c3)c2)cc1. The van der Waals surface area contributed by atoms with Crippen LogP contribution < -0.4 is 14.8 Å². The van der Waals surface area contributed by atoms with E-state index in [1.54, 1.807) is 55.5 Å². The minimum absolute atomic E-state index is 0.0190. The first-order valence-electron chi connectivity index (χ1n) is 12.1. The van der Waals surface area contributed by atoms with E-state index in [-0.39, 0.29) is 34.3 Å². The minimum Gasteiger partial charge on any atom is -0.481 e. The number of ether oxygens (including phenoxy) is 2. The third-order valence-electron chi connectivity index (χ3n) is 5.99. The molecule has 3 aromatic carbocycles. The zero-order chi connectivity index (χ0) is 28.9. The van der Waals surface area contributed by atoms with Crippen molar-refractivity contribution in [3.8, 4) is 33.9 Å². The van der Waals surface area contributed by atoms with Crippen LogP contribution in [0.3, 0.4) is 0 Å². The summed E-state index contributed by atoms with van der Waals surface area (Å²) in [7, 11) is -1.91. The molecule has 0 radical (unpaired) electrons. The lowest BCUT2D eigenvalue weighted by molar-refractivity contribution is -0.274. The zero-order valence-electron chi connectivity index (χ0n) is 21.5. The second-order valence-electron chi connectivity index (χ2n) is 8.66. The van der Waals surface area contributed by atoms with Gasteiger partial charge in [-0.2, -0.15) is 0 Å². The lowest BCUT2D eigenvalue weighted by Gasteiger charge is -2.17. The van der Waals surface area contributed by atoms with Crippen LogP contribution in [0, 0.1) is 0 Å². The van der Waals surface area contributed by atoms with E-state index < -0.39 is 16.2 Å². The number of amides is 1. The Kier molecular flexibility index (Phi) is 8.43. The van der Waals surface area contributed by atoms with Crippen molar-refractivity contribution in [1.82, 2.24) is 4.98 Å².